The lowest BCUT2D eigenvalue weighted by atomic mass is 9.86. The maximum absolute atomic E-state index is 9.31. The van der Waals surface area contributed by atoms with Crippen molar-refractivity contribution >= 4 is 0 Å². The van der Waals surface area contributed by atoms with E-state index in [1.165, 1.54) is 16.7 Å². The van der Waals surface area contributed by atoms with E-state index in [0.29, 0.717) is 5.75 Å². The maximum Gasteiger partial charge on any atom is 0.115 e. The number of benzene rings is 2. The van der Waals surface area contributed by atoms with Crippen molar-refractivity contribution in [1.29, 1.82) is 0 Å². The van der Waals surface area contributed by atoms with Gasteiger partial charge >= 0.3 is 0 Å². The van der Waals surface area contributed by atoms with E-state index < -0.39 is 0 Å². The maximum atomic E-state index is 9.31. The number of phenols is 1. The first-order valence-electron chi connectivity index (χ1n) is 6.33. The van der Waals surface area contributed by atoms with Crippen molar-refractivity contribution in [3.63, 3.8) is 0 Å². The summed E-state index contributed by atoms with van der Waals surface area (Å²) in [7, 11) is 0. The molecule has 0 aromatic heterocycles. The standard InChI is InChI=1S/C16H17NO/c17-16(11-12-5-7-14(18)8-6-12)10-9-13-3-1-2-4-15(13)16/h1-8,18H,9-11,17H2. The van der Waals surface area contributed by atoms with Gasteiger partial charge in [-0.25, -0.2) is 0 Å². The molecule has 3 rings (SSSR count). The SMILES string of the molecule is NC1(Cc2ccc(O)cc2)CCc2ccccc21. The first kappa shape index (κ1) is 11.3. The Bertz CT molecular complexity index is 562. The Hall–Kier alpha value is -1.80. The number of nitrogens with two attached hydrogens (primary N) is 1. The molecule has 18 heavy (non-hydrogen) atoms. The van der Waals surface area contributed by atoms with Gasteiger partial charge in [0.25, 0.3) is 0 Å². The van der Waals surface area contributed by atoms with E-state index in [0.717, 1.165) is 19.3 Å². The molecule has 2 heteroatoms. The third-order valence-corrected chi connectivity index (χ3v) is 3.85. The predicted molar refractivity (Wildman–Crippen MR) is 72.4 cm³/mol. The molecule has 0 aliphatic heterocycles. The fraction of sp³-hybridized carbons (Fsp3) is 0.250. The zero-order valence-electron chi connectivity index (χ0n) is 10.3. The van der Waals surface area contributed by atoms with Crippen LogP contribution in [0.2, 0.25) is 0 Å². The van der Waals surface area contributed by atoms with Crippen molar-refractivity contribution in [3.8, 4) is 5.75 Å². The highest BCUT2D eigenvalue weighted by molar-refractivity contribution is 5.40. The second-order valence-electron chi connectivity index (χ2n) is 5.16. The number of hydrogen-bond acceptors (Lipinski definition) is 2. The average molecular weight is 239 g/mol. The van der Waals surface area contributed by atoms with Gasteiger partial charge in [-0.2, -0.15) is 0 Å². The van der Waals surface area contributed by atoms with Crippen molar-refractivity contribution in [2.75, 3.05) is 0 Å². The quantitative estimate of drug-likeness (QED) is 0.846. The summed E-state index contributed by atoms with van der Waals surface area (Å²) >= 11 is 0. The Balaban J connectivity index is 1.91. The number of fused-ring (bicyclic) bond motifs is 1. The molecular weight excluding hydrogens is 222 g/mol. The van der Waals surface area contributed by atoms with Gasteiger partial charge in [-0.3, -0.25) is 0 Å². The van der Waals surface area contributed by atoms with Crippen LogP contribution in [0.3, 0.4) is 0 Å². The fourth-order valence-electron chi connectivity index (χ4n) is 2.88. The van der Waals surface area contributed by atoms with Crippen LogP contribution >= 0.6 is 0 Å². The number of aryl methyl sites for hydroxylation is 1. The number of rotatable bonds is 2. The van der Waals surface area contributed by atoms with Gasteiger partial charge in [0, 0.05) is 5.54 Å². The number of aromatic hydroxyl groups is 1. The van der Waals surface area contributed by atoms with Crippen LogP contribution in [0.25, 0.3) is 0 Å². The molecule has 3 N–H and O–H groups in total. The smallest absolute Gasteiger partial charge is 0.115 e. The van der Waals surface area contributed by atoms with Gasteiger partial charge in [0.05, 0.1) is 0 Å². The minimum absolute atomic E-state index is 0.256. The molecule has 2 nitrogen and oxygen atoms in total. The first-order chi connectivity index (χ1) is 8.67. The lowest BCUT2D eigenvalue weighted by molar-refractivity contribution is 0.437. The Morgan fingerprint density at radius 1 is 1.06 bits per heavy atom. The third kappa shape index (κ3) is 1.89. The van der Waals surface area contributed by atoms with Gasteiger partial charge in [0.2, 0.25) is 0 Å². The van der Waals surface area contributed by atoms with Crippen LogP contribution < -0.4 is 5.73 Å². The molecule has 1 aliphatic carbocycles. The highest BCUT2D eigenvalue weighted by Crippen LogP contribution is 2.37. The molecule has 1 aliphatic rings. The Morgan fingerprint density at radius 3 is 2.56 bits per heavy atom. The molecule has 2 aromatic rings. The molecule has 0 heterocycles. The van der Waals surface area contributed by atoms with Gasteiger partial charge in [-0.15, -0.1) is 0 Å². The normalized spacial score (nSPS) is 21.8. The molecule has 2 aromatic carbocycles. The van der Waals surface area contributed by atoms with Crippen molar-refractivity contribution in [2.24, 2.45) is 5.73 Å². The summed E-state index contributed by atoms with van der Waals surface area (Å²) in [6.45, 7) is 0. The average Bonchev–Trinajstić information content (AvgIpc) is 2.71. The largest absolute Gasteiger partial charge is 0.508 e. The minimum atomic E-state index is -0.256. The van der Waals surface area contributed by atoms with Gasteiger partial charge in [0.1, 0.15) is 5.75 Å². The van der Waals surface area contributed by atoms with Crippen LogP contribution in [0, 0.1) is 0 Å². The van der Waals surface area contributed by atoms with E-state index >= 15 is 0 Å². The van der Waals surface area contributed by atoms with Crippen molar-refractivity contribution < 1.29 is 5.11 Å². The zero-order chi connectivity index (χ0) is 12.6. The summed E-state index contributed by atoms with van der Waals surface area (Å²) in [6.07, 6.45) is 2.88. The van der Waals surface area contributed by atoms with Gasteiger partial charge < -0.3 is 10.8 Å². The number of phenolic OH excluding ortho intramolecular Hbond substituents is 1. The van der Waals surface area contributed by atoms with Crippen LogP contribution in [0.4, 0.5) is 0 Å². The number of hydrogen-bond donors (Lipinski definition) is 2. The first-order valence-corrected chi connectivity index (χ1v) is 6.33. The van der Waals surface area contributed by atoms with Crippen LogP contribution in [0.1, 0.15) is 23.1 Å². The van der Waals surface area contributed by atoms with E-state index in [-0.39, 0.29) is 5.54 Å². The monoisotopic (exact) mass is 239 g/mol. The summed E-state index contributed by atoms with van der Waals surface area (Å²) in [5, 5.41) is 9.31. The van der Waals surface area contributed by atoms with E-state index in [1.807, 2.05) is 12.1 Å². The molecule has 0 spiro atoms. The summed E-state index contributed by atoms with van der Waals surface area (Å²) < 4.78 is 0. The molecule has 1 unspecified atom stereocenters. The fourth-order valence-corrected chi connectivity index (χ4v) is 2.88. The topological polar surface area (TPSA) is 46.2 Å². The predicted octanol–water partition coefficient (Wildman–Crippen LogP) is 2.74. The van der Waals surface area contributed by atoms with Crippen molar-refractivity contribution in [3.05, 3.63) is 65.2 Å². The second kappa shape index (κ2) is 4.14. The lowest BCUT2D eigenvalue weighted by Crippen LogP contribution is -2.36. The Kier molecular flexibility index (Phi) is 2.60. The molecule has 0 radical (unpaired) electrons. The van der Waals surface area contributed by atoms with E-state index in [1.54, 1.807) is 12.1 Å². The Morgan fingerprint density at radius 2 is 1.78 bits per heavy atom. The van der Waals surface area contributed by atoms with Crippen LogP contribution in [-0.2, 0) is 18.4 Å². The molecule has 1 atom stereocenters. The molecule has 0 saturated heterocycles. The van der Waals surface area contributed by atoms with Gasteiger partial charge in [-0.05, 0) is 48.1 Å². The Labute approximate surface area is 107 Å². The van der Waals surface area contributed by atoms with E-state index in [4.69, 9.17) is 5.73 Å². The summed E-state index contributed by atoms with van der Waals surface area (Å²) in [4.78, 5) is 0. The van der Waals surface area contributed by atoms with Crippen molar-refractivity contribution in [1.82, 2.24) is 0 Å². The van der Waals surface area contributed by atoms with E-state index in [9.17, 15) is 5.11 Å². The van der Waals surface area contributed by atoms with Gasteiger partial charge in [-0.1, -0.05) is 36.4 Å². The van der Waals surface area contributed by atoms with Crippen LogP contribution in [0.5, 0.6) is 5.75 Å². The summed E-state index contributed by atoms with van der Waals surface area (Å²) in [6, 6.07) is 15.8. The highest BCUT2D eigenvalue weighted by atomic mass is 16.3. The molecule has 0 bridgehead atoms. The van der Waals surface area contributed by atoms with Crippen molar-refractivity contribution in [2.45, 2.75) is 24.8 Å². The van der Waals surface area contributed by atoms with Gasteiger partial charge in [0.15, 0.2) is 0 Å². The molecule has 0 amide bonds. The summed E-state index contributed by atoms with van der Waals surface area (Å²) in [5.41, 5.74) is 10.1. The molecule has 92 valence electrons. The van der Waals surface area contributed by atoms with Crippen LogP contribution in [-0.4, -0.2) is 5.11 Å². The van der Waals surface area contributed by atoms with Crippen LogP contribution in [0.15, 0.2) is 48.5 Å². The minimum Gasteiger partial charge on any atom is -0.508 e. The second-order valence-corrected chi connectivity index (χ2v) is 5.16. The highest BCUT2D eigenvalue weighted by Gasteiger charge is 2.34. The summed E-state index contributed by atoms with van der Waals surface area (Å²) in [5.74, 6) is 0.302. The molecule has 0 fully saturated rings. The third-order valence-electron chi connectivity index (χ3n) is 3.85. The zero-order valence-corrected chi connectivity index (χ0v) is 10.3. The molecule has 0 saturated carbocycles. The van der Waals surface area contributed by atoms with E-state index in [2.05, 4.69) is 24.3 Å². The molecular formula is C16H17NO. The lowest BCUT2D eigenvalue weighted by Gasteiger charge is -2.25.